The molecule has 3 atom stereocenters. The van der Waals surface area contributed by atoms with Crippen LogP contribution in [0.3, 0.4) is 0 Å². The molecule has 0 bridgehead atoms. The molecule has 15 heavy (non-hydrogen) atoms. The zero-order valence-electron chi connectivity index (χ0n) is 10.4. The first-order valence-corrected chi connectivity index (χ1v) is 6.27. The van der Waals surface area contributed by atoms with E-state index in [1.165, 1.54) is 32.5 Å². The van der Waals surface area contributed by atoms with Crippen molar-refractivity contribution >= 4 is 0 Å². The second kappa shape index (κ2) is 6.46. The van der Waals surface area contributed by atoms with Gasteiger partial charge in [-0.3, -0.25) is 0 Å². The van der Waals surface area contributed by atoms with Gasteiger partial charge in [-0.25, -0.2) is 0 Å². The largest absolute Gasteiger partial charge is 0.392 e. The number of aliphatic hydroxyl groups is 1. The SMILES string of the molecule is CCN1CCCC(C(C)NCC(C)O)C1. The molecule has 90 valence electrons. The molecule has 0 aromatic rings. The van der Waals surface area contributed by atoms with Gasteiger partial charge in [0, 0.05) is 19.1 Å². The van der Waals surface area contributed by atoms with Gasteiger partial charge < -0.3 is 15.3 Å². The Balaban J connectivity index is 2.28. The number of hydrogen-bond acceptors (Lipinski definition) is 3. The van der Waals surface area contributed by atoms with Crippen LogP contribution >= 0.6 is 0 Å². The second-order valence-corrected chi connectivity index (χ2v) is 4.84. The fourth-order valence-electron chi connectivity index (χ4n) is 2.31. The molecule has 0 aromatic heterocycles. The summed E-state index contributed by atoms with van der Waals surface area (Å²) in [4.78, 5) is 2.52. The van der Waals surface area contributed by atoms with Gasteiger partial charge in [0.2, 0.25) is 0 Å². The molecular formula is C12H26N2O. The Bertz CT molecular complexity index is 173. The smallest absolute Gasteiger partial charge is 0.0636 e. The lowest BCUT2D eigenvalue weighted by Gasteiger charge is -2.35. The van der Waals surface area contributed by atoms with Crippen LogP contribution < -0.4 is 5.32 Å². The molecule has 0 aliphatic carbocycles. The van der Waals surface area contributed by atoms with Crippen LogP contribution in [-0.2, 0) is 0 Å². The zero-order chi connectivity index (χ0) is 11.3. The maximum absolute atomic E-state index is 9.22. The molecule has 1 aliphatic rings. The first-order chi connectivity index (χ1) is 7.13. The minimum absolute atomic E-state index is 0.238. The third-order valence-electron chi connectivity index (χ3n) is 3.43. The highest BCUT2D eigenvalue weighted by Gasteiger charge is 2.23. The van der Waals surface area contributed by atoms with Crippen LogP contribution in [0.25, 0.3) is 0 Å². The number of nitrogens with zero attached hydrogens (tertiary/aromatic N) is 1. The van der Waals surface area contributed by atoms with E-state index in [4.69, 9.17) is 0 Å². The van der Waals surface area contributed by atoms with Crippen molar-refractivity contribution < 1.29 is 5.11 Å². The van der Waals surface area contributed by atoms with Crippen LogP contribution in [0.1, 0.15) is 33.6 Å². The predicted molar refractivity (Wildman–Crippen MR) is 64.0 cm³/mol. The highest BCUT2D eigenvalue weighted by molar-refractivity contribution is 4.80. The standard InChI is InChI=1S/C12H26N2O/c1-4-14-7-5-6-12(9-14)11(3)13-8-10(2)15/h10-13,15H,4-9H2,1-3H3. The van der Waals surface area contributed by atoms with E-state index in [0.29, 0.717) is 12.6 Å². The molecule has 0 spiro atoms. The zero-order valence-corrected chi connectivity index (χ0v) is 10.4. The first kappa shape index (κ1) is 12.9. The van der Waals surface area contributed by atoms with Gasteiger partial charge in [-0.2, -0.15) is 0 Å². The van der Waals surface area contributed by atoms with Crippen LogP contribution in [0.5, 0.6) is 0 Å². The monoisotopic (exact) mass is 214 g/mol. The van der Waals surface area contributed by atoms with E-state index >= 15 is 0 Å². The Morgan fingerprint density at radius 2 is 2.20 bits per heavy atom. The van der Waals surface area contributed by atoms with Crippen molar-refractivity contribution in [2.24, 2.45) is 5.92 Å². The maximum atomic E-state index is 9.22. The van der Waals surface area contributed by atoms with Gasteiger partial charge in [0.15, 0.2) is 0 Å². The summed E-state index contributed by atoms with van der Waals surface area (Å²) in [5, 5.41) is 12.6. The number of nitrogens with one attached hydrogen (secondary N) is 1. The Labute approximate surface area is 93.9 Å². The Morgan fingerprint density at radius 3 is 2.80 bits per heavy atom. The number of rotatable bonds is 5. The van der Waals surface area contributed by atoms with Gasteiger partial charge >= 0.3 is 0 Å². The average molecular weight is 214 g/mol. The van der Waals surface area contributed by atoms with Crippen molar-refractivity contribution in [2.45, 2.75) is 45.8 Å². The van der Waals surface area contributed by atoms with Gasteiger partial charge in [-0.15, -0.1) is 0 Å². The van der Waals surface area contributed by atoms with Crippen molar-refractivity contribution in [3.8, 4) is 0 Å². The van der Waals surface area contributed by atoms with E-state index in [0.717, 1.165) is 5.92 Å². The van der Waals surface area contributed by atoms with Crippen molar-refractivity contribution in [3.05, 3.63) is 0 Å². The summed E-state index contributed by atoms with van der Waals surface area (Å²) in [6, 6.07) is 0.522. The van der Waals surface area contributed by atoms with Crippen molar-refractivity contribution in [1.82, 2.24) is 10.2 Å². The van der Waals surface area contributed by atoms with Crippen LogP contribution in [0.4, 0.5) is 0 Å². The van der Waals surface area contributed by atoms with E-state index < -0.39 is 0 Å². The van der Waals surface area contributed by atoms with Gasteiger partial charge in [-0.05, 0) is 45.7 Å². The van der Waals surface area contributed by atoms with Gasteiger partial charge in [-0.1, -0.05) is 6.92 Å². The van der Waals surface area contributed by atoms with E-state index in [9.17, 15) is 5.11 Å². The van der Waals surface area contributed by atoms with Gasteiger partial charge in [0.25, 0.3) is 0 Å². The van der Waals surface area contributed by atoms with E-state index in [1.807, 2.05) is 6.92 Å². The molecule has 2 N–H and O–H groups in total. The highest BCUT2D eigenvalue weighted by atomic mass is 16.3. The summed E-state index contributed by atoms with van der Waals surface area (Å²) in [7, 11) is 0. The lowest BCUT2D eigenvalue weighted by Crippen LogP contribution is -2.45. The molecule has 3 unspecified atom stereocenters. The summed E-state index contributed by atoms with van der Waals surface area (Å²) < 4.78 is 0. The van der Waals surface area contributed by atoms with Crippen LogP contribution in [-0.4, -0.2) is 48.3 Å². The third kappa shape index (κ3) is 4.49. The molecule has 1 saturated heterocycles. The molecular weight excluding hydrogens is 188 g/mol. The number of likely N-dealkylation sites (tertiary alicyclic amines) is 1. The molecule has 0 amide bonds. The fourth-order valence-corrected chi connectivity index (χ4v) is 2.31. The summed E-state index contributed by atoms with van der Waals surface area (Å²) in [6.45, 7) is 10.7. The van der Waals surface area contributed by atoms with Crippen LogP contribution in [0.15, 0.2) is 0 Å². The normalized spacial score (nSPS) is 27.6. The van der Waals surface area contributed by atoms with Crippen LogP contribution in [0, 0.1) is 5.92 Å². The lowest BCUT2D eigenvalue weighted by molar-refractivity contribution is 0.141. The van der Waals surface area contributed by atoms with Crippen molar-refractivity contribution in [1.29, 1.82) is 0 Å². The van der Waals surface area contributed by atoms with Gasteiger partial charge in [0.05, 0.1) is 6.10 Å². The van der Waals surface area contributed by atoms with Gasteiger partial charge in [0.1, 0.15) is 0 Å². The molecule has 0 radical (unpaired) electrons. The Kier molecular flexibility index (Phi) is 5.58. The lowest BCUT2D eigenvalue weighted by atomic mass is 9.91. The minimum atomic E-state index is -0.238. The summed E-state index contributed by atoms with van der Waals surface area (Å²) >= 11 is 0. The molecule has 1 fully saturated rings. The fraction of sp³-hybridized carbons (Fsp3) is 1.00. The first-order valence-electron chi connectivity index (χ1n) is 6.27. The highest BCUT2D eigenvalue weighted by Crippen LogP contribution is 2.19. The number of piperidine rings is 1. The molecule has 1 rings (SSSR count). The van der Waals surface area contributed by atoms with E-state index in [1.54, 1.807) is 0 Å². The van der Waals surface area contributed by atoms with Crippen molar-refractivity contribution in [2.75, 3.05) is 26.2 Å². The van der Waals surface area contributed by atoms with E-state index in [2.05, 4.69) is 24.1 Å². The molecule has 1 heterocycles. The molecule has 1 aliphatic heterocycles. The average Bonchev–Trinajstić information content (AvgIpc) is 2.26. The number of aliphatic hydroxyl groups excluding tert-OH is 1. The molecule has 0 aromatic carbocycles. The Hall–Kier alpha value is -0.120. The topological polar surface area (TPSA) is 35.5 Å². The quantitative estimate of drug-likeness (QED) is 0.719. The van der Waals surface area contributed by atoms with E-state index in [-0.39, 0.29) is 6.10 Å². The predicted octanol–water partition coefficient (Wildman–Crippen LogP) is 1.08. The Morgan fingerprint density at radius 1 is 1.47 bits per heavy atom. The van der Waals surface area contributed by atoms with Crippen LogP contribution in [0.2, 0.25) is 0 Å². The minimum Gasteiger partial charge on any atom is -0.392 e. The molecule has 3 nitrogen and oxygen atoms in total. The summed E-state index contributed by atoms with van der Waals surface area (Å²) in [6.07, 6.45) is 2.40. The second-order valence-electron chi connectivity index (χ2n) is 4.84. The molecule has 3 heteroatoms. The molecule has 0 saturated carbocycles. The summed E-state index contributed by atoms with van der Waals surface area (Å²) in [5.41, 5.74) is 0. The van der Waals surface area contributed by atoms with Crippen molar-refractivity contribution in [3.63, 3.8) is 0 Å². The maximum Gasteiger partial charge on any atom is 0.0636 e. The summed E-state index contributed by atoms with van der Waals surface area (Å²) in [5.74, 6) is 0.748. The number of hydrogen-bond donors (Lipinski definition) is 2. The third-order valence-corrected chi connectivity index (χ3v) is 3.43.